The summed E-state index contributed by atoms with van der Waals surface area (Å²) in [5.41, 5.74) is 0.487. The number of allylic oxidation sites excluding steroid dienone is 1. The fourth-order valence-corrected chi connectivity index (χ4v) is 1.02. The van der Waals surface area contributed by atoms with Gasteiger partial charge in [0.25, 0.3) is 0 Å². The summed E-state index contributed by atoms with van der Waals surface area (Å²) in [5, 5.41) is 10.2. The maximum atomic E-state index is 10.2. The number of rotatable bonds is 1. The molecule has 10 heavy (non-hydrogen) atoms. The van der Waals surface area contributed by atoms with Crippen molar-refractivity contribution in [2.24, 2.45) is 0 Å². The fraction of sp³-hybridized carbons (Fsp3) is 0.571. The maximum Gasteiger partial charge on any atom is 1.00 e. The van der Waals surface area contributed by atoms with Crippen LogP contribution in [0.25, 0.3) is 0 Å². The summed E-state index contributed by atoms with van der Waals surface area (Å²) in [6.07, 6.45) is 5.49. The van der Waals surface area contributed by atoms with Crippen LogP contribution in [0.1, 0.15) is 25.7 Å². The van der Waals surface area contributed by atoms with Gasteiger partial charge in [-0.2, -0.15) is 0 Å². The van der Waals surface area contributed by atoms with Crippen molar-refractivity contribution in [3.63, 3.8) is 0 Å². The monoisotopic (exact) mass is 148 g/mol. The van der Waals surface area contributed by atoms with Crippen LogP contribution in [0.3, 0.4) is 0 Å². The molecule has 0 saturated heterocycles. The van der Waals surface area contributed by atoms with Gasteiger partial charge >= 0.3 is 29.6 Å². The van der Waals surface area contributed by atoms with Gasteiger partial charge in [-0.15, -0.1) is 0 Å². The summed E-state index contributed by atoms with van der Waals surface area (Å²) in [6, 6.07) is 0. The number of hydrogen-bond donors (Lipinski definition) is 0. The molecule has 1 aliphatic carbocycles. The Bertz CT molecular complexity index is 152. The van der Waals surface area contributed by atoms with Crippen molar-refractivity contribution in [3.05, 3.63) is 11.6 Å². The van der Waals surface area contributed by atoms with Gasteiger partial charge in [0.05, 0.1) is 5.97 Å². The number of carboxylic acids is 1. The van der Waals surface area contributed by atoms with Crippen LogP contribution in [-0.2, 0) is 4.79 Å². The van der Waals surface area contributed by atoms with E-state index in [0.717, 1.165) is 19.3 Å². The summed E-state index contributed by atoms with van der Waals surface area (Å²) in [7, 11) is 0. The number of carbonyl (C=O) groups is 1. The molecule has 0 atom stereocenters. The normalized spacial score (nSPS) is 17.0. The van der Waals surface area contributed by atoms with Gasteiger partial charge in [0.15, 0.2) is 0 Å². The van der Waals surface area contributed by atoms with E-state index in [9.17, 15) is 9.90 Å². The molecule has 0 N–H and O–H groups in total. The van der Waals surface area contributed by atoms with Crippen LogP contribution >= 0.6 is 0 Å². The van der Waals surface area contributed by atoms with E-state index in [-0.39, 0.29) is 29.6 Å². The van der Waals surface area contributed by atoms with Crippen LogP contribution in [-0.4, -0.2) is 5.97 Å². The van der Waals surface area contributed by atoms with Gasteiger partial charge in [-0.05, 0) is 31.3 Å². The minimum Gasteiger partial charge on any atom is -0.545 e. The molecule has 3 heteroatoms. The molecule has 0 unspecified atom stereocenters. The molecule has 0 aromatic rings. The minimum absolute atomic E-state index is 0. The third-order valence-electron chi connectivity index (χ3n) is 1.55. The summed E-state index contributed by atoms with van der Waals surface area (Å²) in [6.45, 7) is 0. The average molecular weight is 148 g/mol. The zero-order valence-corrected chi connectivity index (χ0v) is 8.22. The molecule has 0 radical (unpaired) electrons. The van der Waals surface area contributed by atoms with Crippen LogP contribution in [0.15, 0.2) is 11.6 Å². The first kappa shape index (κ1) is 10.2. The van der Waals surface area contributed by atoms with Crippen LogP contribution in [0.5, 0.6) is 0 Å². The topological polar surface area (TPSA) is 40.1 Å². The summed E-state index contributed by atoms with van der Waals surface area (Å²) in [5.74, 6) is -0.991. The van der Waals surface area contributed by atoms with Gasteiger partial charge in [0, 0.05) is 0 Å². The second-order valence-electron chi connectivity index (χ2n) is 2.26. The first-order chi connectivity index (χ1) is 4.30. The van der Waals surface area contributed by atoms with Crippen LogP contribution in [0.2, 0.25) is 0 Å². The number of carbonyl (C=O) groups excluding carboxylic acids is 1. The van der Waals surface area contributed by atoms with E-state index in [2.05, 4.69) is 0 Å². The molecule has 0 bridgehead atoms. The Morgan fingerprint density at radius 3 is 2.50 bits per heavy atom. The first-order valence-electron chi connectivity index (χ1n) is 3.21. The summed E-state index contributed by atoms with van der Waals surface area (Å²) < 4.78 is 0. The third-order valence-corrected chi connectivity index (χ3v) is 1.55. The van der Waals surface area contributed by atoms with E-state index >= 15 is 0 Å². The molecule has 0 spiro atoms. The van der Waals surface area contributed by atoms with Crippen molar-refractivity contribution in [3.8, 4) is 0 Å². The zero-order valence-electron chi connectivity index (χ0n) is 6.22. The molecule has 0 aromatic carbocycles. The molecule has 0 aromatic heterocycles. The molecule has 1 aliphatic rings. The molecule has 0 amide bonds. The van der Waals surface area contributed by atoms with Crippen LogP contribution in [0.4, 0.5) is 0 Å². The van der Waals surface area contributed by atoms with E-state index in [1.807, 2.05) is 0 Å². The Morgan fingerprint density at radius 2 is 2.20 bits per heavy atom. The minimum atomic E-state index is -0.991. The Kier molecular flexibility index (Phi) is 5.04. The van der Waals surface area contributed by atoms with Gasteiger partial charge in [0.2, 0.25) is 0 Å². The molecular weight excluding hydrogens is 139 g/mol. The standard InChI is InChI=1S/C7H10O2.Na/c8-7(9)6-4-2-1-3-5-6;/h4H,1-3,5H2,(H,8,9);/q;+1/p-1. The third kappa shape index (κ3) is 2.86. The molecular formula is C7H9NaO2. The SMILES string of the molecule is O=C([O-])C1=CCCCC1.[Na+]. The van der Waals surface area contributed by atoms with Crippen molar-refractivity contribution in [1.29, 1.82) is 0 Å². The predicted molar refractivity (Wildman–Crippen MR) is 31.6 cm³/mol. The molecule has 50 valence electrons. The summed E-state index contributed by atoms with van der Waals surface area (Å²) in [4.78, 5) is 10.2. The van der Waals surface area contributed by atoms with E-state index in [1.54, 1.807) is 6.08 Å². The maximum absolute atomic E-state index is 10.2. The largest absolute Gasteiger partial charge is 1.00 e. The molecule has 0 fully saturated rings. The van der Waals surface area contributed by atoms with Gasteiger partial charge < -0.3 is 9.90 Å². The van der Waals surface area contributed by atoms with Gasteiger partial charge in [-0.25, -0.2) is 0 Å². The van der Waals surface area contributed by atoms with Gasteiger partial charge in [-0.3, -0.25) is 0 Å². The van der Waals surface area contributed by atoms with Crippen LogP contribution in [0, 0.1) is 0 Å². The van der Waals surface area contributed by atoms with E-state index in [0.29, 0.717) is 12.0 Å². The number of carboxylic acid groups (broad SMARTS) is 1. The Morgan fingerprint density at radius 1 is 1.50 bits per heavy atom. The van der Waals surface area contributed by atoms with Crippen molar-refractivity contribution in [2.45, 2.75) is 25.7 Å². The predicted octanol–water partition coefficient (Wildman–Crippen LogP) is -2.76. The van der Waals surface area contributed by atoms with Crippen LogP contribution < -0.4 is 34.7 Å². The average Bonchev–Trinajstić information content (AvgIpc) is 1.90. The second-order valence-corrected chi connectivity index (χ2v) is 2.26. The van der Waals surface area contributed by atoms with Crippen molar-refractivity contribution in [2.75, 3.05) is 0 Å². The van der Waals surface area contributed by atoms with Gasteiger partial charge in [-0.1, -0.05) is 6.08 Å². The fourth-order valence-electron chi connectivity index (χ4n) is 1.02. The van der Waals surface area contributed by atoms with E-state index < -0.39 is 5.97 Å². The first-order valence-corrected chi connectivity index (χ1v) is 3.21. The number of hydrogen-bond acceptors (Lipinski definition) is 2. The molecule has 0 heterocycles. The Labute approximate surface area is 82.6 Å². The van der Waals surface area contributed by atoms with E-state index in [4.69, 9.17) is 0 Å². The van der Waals surface area contributed by atoms with E-state index in [1.165, 1.54) is 0 Å². The Balaban J connectivity index is 0.000000810. The molecule has 0 saturated carbocycles. The number of aliphatic carboxylic acids is 1. The van der Waals surface area contributed by atoms with Gasteiger partial charge in [0.1, 0.15) is 0 Å². The quantitative estimate of drug-likeness (QED) is 0.378. The Hall–Kier alpha value is 0.210. The second kappa shape index (κ2) is 4.94. The summed E-state index contributed by atoms with van der Waals surface area (Å²) >= 11 is 0. The van der Waals surface area contributed by atoms with Crippen molar-refractivity contribution in [1.82, 2.24) is 0 Å². The molecule has 2 nitrogen and oxygen atoms in total. The molecule has 1 rings (SSSR count). The zero-order chi connectivity index (χ0) is 6.69. The molecule has 0 aliphatic heterocycles. The smallest absolute Gasteiger partial charge is 0.545 e. The van der Waals surface area contributed by atoms with Crippen molar-refractivity contribution < 1.29 is 39.5 Å². The van der Waals surface area contributed by atoms with Crippen molar-refractivity contribution >= 4 is 5.97 Å².